The molecule has 0 aliphatic carbocycles. The smallest absolute Gasteiger partial charge is 0.147 e. The highest BCUT2D eigenvalue weighted by Gasteiger charge is 2.39. The van der Waals surface area contributed by atoms with Gasteiger partial charge in [-0.25, -0.2) is 0 Å². The zero-order chi connectivity index (χ0) is 25.5. The van der Waals surface area contributed by atoms with E-state index in [4.69, 9.17) is 9.47 Å². The molecule has 0 saturated heterocycles. The van der Waals surface area contributed by atoms with Crippen LogP contribution in [-0.4, -0.2) is 0 Å². The summed E-state index contributed by atoms with van der Waals surface area (Å²) >= 11 is 0. The molecule has 2 aliphatic heterocycles. The van der Waals surface area contributed by atoms with Crippen LogP contribution in [0, 0.1) is 0 Å². The second kappa shape index (κ2) is 7.93. The molecular formula is C36H21O2P. The number of ether oxygens (including phenoxy) is 2. The normalized spacial score (nSPS) is 14.8. The van der Waals surface area contributed by atoms with Crippen molar-refractivity contribution in [1.29, 1.82) is 0 Å². The summed E-state index contributed by atoms with van der Waals surface area (Å²) in [5, 5.41) is 10.8. The van der Waals surface area contributed by atoms with Crippen LogP contribution in [0.2, 0.25) is 0 Å². The Hall–Kier alpha value is -4.65. The van der Waals surface area contributed by atoms with E-state index in [-0.39, 0.29) is 0 Å². The minimum absolute atomic E-state index is 0.889. The average Bonchev–Trinajstić information content (AvgIpc) is 3.00. The molecule has 9 rings (SSSR count). The first-order chi connectivity index (χ1) is 19.3. The lowest BCUT2D eigenvalue weighted by Crippen LogP contribution is -2.32. The first-order valence-corrected chi connectivity index (χ1v) is 14.5. The van der Waals surface area contributed by atoms with Gasteiger partial charge in [0.1, 0.15) is 23.0 Å². The molecule has 7 aromatic rings. The molecule has 0 radical (unpaired) electrons. The molecular weight excluding hydrogens is 495 g/mol. The molecule has 1 atom stereocenters. The summed E-state index contributed by atoms with van der Waals surface area (Å²) in [6.07, 6.45) is 0. The minimum atomic E-state index is -0.889. The van der Waals surface area contributed by atoms with Gasteiger partial charge in [0, 0.05) is 34.9 Å². The number of hydrogen-bond acceptors (Lipinski definition) is 2. The largest absolute Gasteiger partial charge is 0.455 e. The maximum Gasteiger partial charge on any atom is 0.147 e. The lowest BCUT2D eigenvalue weighted by atomic mass is 10.00. The van der Waals surface area contributed by atoms with Crippen LogP contribution in [0.3, 0.4) is 0 Å². The molecule has 0 spiro atoms. The highest BCUT2D eigenvalue weighted by Crippen LogP contribution is 2.56. The third-order valence-corrected chi connectivity index (χ3v) is 10.5. The van der Waals surface area contributed by atoms with Crippen LogP contribution in [0.1, 0.15) is 0 Å². The molecule has 0 fully saturated rings. The second-order valence-electron chi connectivity index (χ2n) is 10.2. The Bertz CT molecular complexity index is 2130. The first kappa shape index (κ1) is 21.3. The monoisotopic (exact) mass is 516 g/mol. The van der Waals surface area contributed by atoms with E-state index in [0.717, 1.165) is 44.9 Å². The van der Waals surface area contributed by atoms with Crippen LogP contribution in [0.15, 0.2) is 127 Å². The minimum Gasteiger partial charge on any atom is -0.455 e. The van der Waals surface area contributed by atoms with E-state index in [1.54, 1.807) is 0 Å². The van der Waals surface area contributed by atoms with E-state index >= 15 is 0 Å². The zero-order valence-electron chi connectivity index (χ0n) is 20.9. The van der Waals surface area contributed by atoms with Gasteiger partial charge in [0.25, 0.3) is 0 Å². The molecule has 0 aromatic heterocycles. The van der Waals surface area contributed by atoms with Crippen molar-refractivity contribution < 1.29 is 9.47 Å². The highest BCUT2D eigenvalue weighted by molar-refractivity contribution is 7.80. The van der Waals surface area contributed by atoms with Crippen LogP contribution in [0.25, 0.3) is 43.4 Å². The number of hydrogen-bond donors (Lipinski definition) is 0. The van der Waals surface area contributed by atoms with Crippen LogP contribution >= 0.6 is 7.92 Å². The lowest BCUT2D eigenvalue weighted by molar-refractivity contribution is 0.473. The van der Waals surface area contributed by atoms with Gasteiger partial charge < -0.3 is 9.47 Å². The van der Waals surface area contributed by atoms with Gasteiger partial charge in [0.15, 0.2) is 0 Å². The molecule has 0 amide bonds. The van der Waals surface area contributed by atoms with E-state index < -0.39 is 7.92 Å². The lowest BCUT2D eigenvalue weighted by Gasteiger charge is -2.36. The Labute approximate surface area is 226 Å². The Morgan fingerprint density at radius 1 is 0.436 bits per heavy atom. The predicted octanol–water partition coefficient (Wildman–Crippen LogP) is 8.78. The Kier molecular flexibility index (Phi) is 4.33. The van der Waals surface area contributed by atoms with Gasteiger partial charge in [-0.2, -0.15) is 0 Å². The summed E-state index contributed by atoms with van der Waals surface area (Å²) in [4.78, 5) is 0. The van der Waals surface area contributed by atoms with Gasteiger partial charge in [0.2, 0.25) is 0 Å². The number of fused-ring (bicyclic) bond motifs is 9. The maximum atomic E-state index is 6.97. The van der Waals surface area contributed by atoms with E-state index in [2.05, 4.69) is 127 Å². The van der Waals surface area contributed by atoms with Crippen molar-refractivity contribution in [2.75, 3.05) is 0 Å². The summed E-state index contributed by atoms with van der Waals surface area (Å²) in [5.74, 6) is 3.74. The zero-order valence-corrected chi connectivity index (χ0v) is 21.8. The Morgan fingerprint density at radius 3 is 1.74 bits per heavy atom. The molecule has 2 heterocycles. The summed E-state index contributed by atoms with van der Waals surface area (Å²) in [5.41, 5.74) is 2.24. The van der Waals surface area contributed by atoms with Gasteiger partial charge in [-0.15, -0.1) is 0 Å². The third-order valence-electron chi connectivity index (χ3n) is 7.99. The third kappa shape index (κ3) is 3.01. The van der Waals surface area contributed by atoms with Crippen molar-refractivity contribution in [3.8, 4) is 34.1 Å². The van der Waals surface area contributed by atoms with Crippen molar-refractivity contribution in [2.24, 2.45) is 0 Å². The molecule has 182 valence electrons. The molecule has 2 aliphatic rings. The van der Waals surface area contributed by atoms with Gasteiger partial charge >= 0.3 is 0 Å². The summed E-state index contributed by atoms with van der Waals surface area (Å²) < 4.78 is 13.7. The quantitative estimate of drug-likeness (QED) is 0.203. The van der Waals surface area contributed by atoms with Crippen LogP contribution in [0.5, 0.6) is 23.0 Å². The predicted molar refractivity (Wildman–Crippen MR) is 163 cm³/mol. The van der Waals surface area contributed by atoms with Crippen molar-refractivity contribution in [3.05, 3.63) is 127 Å². The van der Waals surface area contributed by atoms with Crippen LogP contribution in [-0.2, 0) is 0 Å². The number of benzene rings is 7. The topological polar surface area (TPSA) is 18.5 Å². The van der Waals surface area contributed by atoms with Gasteiger partial charge in [0.05, 0.1) is 5.30 Å². The summed E-state index contributed by atoms with van der Waals surface area (Å²) in [7, 11) is -0.889. The highest BCUT2D eigenvalue weighted by atomic mass is 31.1. The van der Waals surface area contributed by atoms with E-state index in [9.17, 15) is 0 Å². The van der Waals surface area contributed by atoms with Crippen molar-refractivity contribution in [1.82, 2.24) is 0 Å². The van der Waals surface area contributed by atoms with Gasteiger partial charge in [-0.1, -0.05) is 97.1 Å². The van der Waals surface area contributed by atoms with Gasteiger partial charge in [-0.3, -0.25) is 0 Å². The van der Waals surface area contributed by atoms with E-state index in [0.29, 0.717) is 0 Å². The fraction of sp³-hybridized carbons (Fsp3) is 0. The fourth-order valence-corrected chi connectivity index (χ4v) is 8.78. The van der Waals surface area contributed by atoms with Crippen molar-refractivity contribution in [2.45, 2.75) is 0 Å². The first-order valence-electron chi connectivity index (χ1n) is 13.2. The van der Waals surface area contributed by atoms with Crippen LogP contribution < -0.4 is 25.4 Å². The Balaban J connectivity index is 1.37. The molecule has 1 unspecified atom stereocenters. The molecule has 0 N–H and O–H groups in total. The summed E-state index contributed by atoms with van der Waals surface area (Å²) in [6.45, 7) is 0. The average molecular weight is 517 g/mol. The molecule has 3 heteroatoms. The van der Waals surface area contributed by atoms with E-state index in [1.165, 1.54) is 37.5 Å². The van der Waals surface area contributed by atoms with E-state index in [1.807, 2.05) is 0 Å². The van der Waals surface area contributed by atoms with Crippen LogP contribution in [0.4, 0.5) is 0 Å². The number of rotatable bonds is 1. The standard InChI is InChI=1S/C36H21O2P/c1-2-10-25-21-26(14-13-22(25)7-1)29-17-18-30-36-35(29)38-34-28-12-6-4-9-24(28)16-20-32(34)39(36)31-19-15-23-8-3-5-11-27(23)33(31)37-30/h1-21H. The molecule has 7 aromatic carbocycles. The Morgan fingerprint density at radius 2 is 1.03 bits per heavy atom. The summed E-state index contributed by atoms with van der Waals surface area (Å²) in [6, 6.07) is 45.5. The molecule has 0 bridgehead atoms. The van der Waals surface area contributed by atoms with Crippen molar-refractivity contribution >= 4 is 56.2 Å². The maximum absolute atomic E-state index is 6.97. The van der Waals surface area contributed by atoms with Crippen molar-refractivity contribution in [3.63, 3.8) is 0 Å². The second-order valence-corrected chi connectivity index (χ2v) is 12.2. The van der Waals surface area contributed by atoms with Gasteiger partial charge in [-0.05, 0) is 57.4 Å². The SMILES string of the molecule is c1ccc2cc(-c3ccc4c5c3Oc3c(ccc6ccccc36)P5c3ccc5ccccc5c3O4)ccc2c1. The fourth-order valence-electron chi connectivity index (χ4n) is 6.15. The molecule has 0 saturated carbocycles. The molecule has 2 nitrogen and oxygen atoms in total. The molecule has 39 heavy (non-hydrogen) atoms.